The molecule has 1 unspecified atom stereocenters. The van der Waals surface area contributed by atoms with Gasteiger partial charge in [-0.1, -0.05) is 48.0 Å². The summed E-state index contributed by atoms with van der Waals surface area (Å²) in [5.74, 6) is 0. The number of benzene rings is 2. The van der Waals surface area contributed by atoms with Crippen molar-refractivity contribution in [3.05, 3.63) is 65.2 Å². The molecule has 0 fully saturated rings. The maximum atomic E-state index is 11.1. The summed E-state index contributed by atoms with van der Waals surface area (Å²) in [5, 5.41) is 0.621. The van der Waals surface area contributed by atoms with Crippen molar-refractivity contribution >= 4 is 29.6 Å². The number of thioether (sulfide) groups is 1. The second-order valence-corrected chi connectivity index (χ2v) is 5.69. The molecular weight excluding hydrogens is 264 g/mol. The summed E-state index contributed by atoms with van der Waals surface area (Å²) in [6.45, 7) is 0. The third-order valence-corrected chi connectivity index (χ3v) is 3.86. The standard InChI is InChI=1S/C15H13ClOS/c16-13-7-4-8-14(10-13)18-15(11-17)9-12-5-2-1-3-6-12/h1-8,10-11,15H,9H2. The van der Waals surface area contributed by atoms with Gasteiger partial charge in [0, 0.05) is 9.92 Å². The zero-order valence-electron chi connectivity index (χ0n) is 9.75. The molecule has 0 heterocycles. The van der Waals surface area contributed by atoms with Gasteiger partial charge in [0.25, 0.3) is 0 Å². The molecule has 0 N–H and O–H groups in total. The molecule has 92 valence electrons. The van der Waals surface area contributed by atoms with Crippen LogP contribution in [0, 0.1) is 0 Å². The highest BCUT2D eigenvalue weighted by molar-refractivity contribution is 8.00. The van der Waals surface area contributed by atoms with Gasteiger partial charge in [-0.2, -0.15) is 0 Å². The quantitative estimate of drug-likeness (QED) is 0.600. The molecule has 0 spiro atoms. The molecule has 0 bridgehead atoms. The molecule has 0 aliphatic heterocycles. The van der Waals surface area contributed by atoms with Crippen molar-refractivity contribution in [3.63, 3.8) is 0 Å². The van der Waals surface area contributed by atoms with Crippen molar-refractivity contribution in [2.75, 3.05) is 0 Å². The van der Waals surface area contributed by atoms with Gasteiger partial charge in [-0.15, -0.1) is 11.8 Å². The Morgan fingerprint density at radius 1 is 1.11 bits per heavy atom. The molecule has 0 aliphatic carbocycles. The molecule has 18 heavy (non-hydrogen) atoms. The van der Waals surface area contributed by atoms with E-state index >= 15 is 0 Å². The molecule has 3 heteroatoms. The van der Waals surface area contributed by atoms with Crippen molar-refractivity contribution in [2.24, 2.45) is 0 Å². The highest BCUT2D eigenvalue weighted by Crippen LogP contribution is 2.26. The van der Waals surface area contributed by atoms with E-state index in [9.17, 15) is 4.79 Å². The van der Waals surface area contributed by atoms with Gasteiger partial charge in [-0.3, -0.25) is 0 Å². The first-order valence-electron chi connectivity index (χ1n) is 5.69. The fourth-order valence-corrected chi connectivity index (χ4v) is 2.97. The fraction of sp³-hybridized carbons (Fsp3) is 0.133. The van der Waals surface area contributed by atoms with Gasteiger partial charge in [0.2, 0.25) is 0 Å². The number of rotatable bonds is 5. The first-order chi connectivity index (χ1) is 8.78. The van der Waals surface area contributed by atoms with Gasteiger partial charge in [0.05, 0.1) is 5.25 Å². The molecule has 2 aromatic carbocycles. The first kappa shape index (κ1) is 13.2. The smallest absolute Gasteiger partial charge is 0.133 e. The van der Waals surface area contributed by atoms with Crippen molar-refractivity contribution in [1.82, 2.24) is 0 Å². The van der Waals surface area contributed by atoms with Gasteiger partial charge in [-0.05, 0) is 30.2 Å². The molecule has 2 aromatic rings. The van der Waals surface area contributed by atoms with E-state index < -0.39 is 0 Å². The average Bonchev–Trinajstić information content (AvgIpc) is 2.39. The SMILES string of the molecule is O=CC(Cc1ccccc1)Sc1cccc(Cl)c1. The first-order valence-corrected chi connectivity index (χ1v) is 6.95. The van der Waals surface area contributed by atoms with Gasteiger partial charge in [-0.25, -0.2) is 0 Å². The Balaban J connectivity index is 2.04. The van der Waals surface area contributed by atoms with Crippen LogP contribution in [0.5, 0.6) is 0 Å². The number of hydrogen-bond donors (Lipinski definition) is 0. The second-order valence-electron chi connectivity index (χ2n) is 3.94. The van der Waals surface area contributed by atoms with Crippen LogP contribution in [0.4, 0.5) is 0 Å². The van der Waals surface area contributed by atoms with Crippen molar-refractivity contribution in [2.45, 2.75) is 16.6 Å². The fourth-order valence-electron chi connectivity index (χ4n) is 1.68. The minimum Gasteiger partial charge on any atom is -0.302 e. The predicted molar refractivity (Wildman–Crippen MR) is 77.3 cm³/mol. The van der Waals surface area contributed by atoms with Gasteiger partial charge in [0.15, 0.2) is 0 Å². The van der Waals surface area contributed by atoms with Gasteiger partial charge >= 0.3 is 0 Å². The Hall–Kier alpha value is -1.25. The van der Waals surface area contributed by atoms with E-state index in [2.05, 4.69) is 0 Å². The number of carbonyl (C=O) groups is 1. The topological polar surface area (TPSA) is 17.1 Å². The van der Waals surface area contributed by atoms with Crippen LogP contribution < -0.4 is 0 Å². The highest BCUT2D eigenvalue weighted by Gasteiger charge is 2.10. The normalized spacial score (nSPS) is 12.1. The predicted octanol–water partition coefficient (Wildman–Crippen LogP) is 4.24. The van der Waals surface area contributed by atoms with E-state index in [-0.39, 0.29) is 5.25 Å². The van der Waals surface area contributed by atoms with E-state index in [1.54, 1.807) is 11.8 Å². The van der Waals surface area contributed by atoms with Crippen molar-refractivity contribution in [3.8, 4) is 0 Å². The zero-order valence-corrected chi connectivity index (χ0v) is 11.3. The molecular formula is C15H13ClOS. The minimum absolute atomic E-state index is 0.0779. The zero-order chi connectivity index (χ0) is 12.8. The Morgan fingerprint density at radius 3 is 2.56 bits per heavy atom. The summed E-state index contributed by atoms with van der Waals surface area (Å²) in [7, 11) is 0. The van der Waals surface area contributed by atoms with E-state index in [0.717, 1.165) is 17.6 Å². The maximum Gasteiger partial charge on any atom is 0.133 e. The molecule has 0 saturated carbocycles. The van der Waals surface area contributed by atoms with Crippen LogP contribution in [0.25, 0.3) is 0 Å². The maximum absolute atomic E-state index is 11.1. The Morgan fingerprint density at radius 2 is 1.89 bits per heavy atom. The monoisotopic (exact) mass is 276 g/mol. The molecule has 1 atom stereocenters. The number of aldehydes is 1. The summed E-state index contributed by atoms with van der Waals surface area (Å²) < 4.78 is 0. The van der Waals surface area contributed by atoms with Crippen LogP contribution in [-0.4, -0.2) is 11.5 Å². The average molecular weight is 277 g/mol. The minimum atomic E-state index is -0.0779. The van der Waals surface area contributed by atoms with Crippen molar-refractivity contribution < 1.29 is 4.79 Å². The number of hydrogen-bond acceptors (Lipinski definition) is 2. The lowest BCUT2D eigenvalue weighted by atomic mass is 10.1. The number of halogens is 1. The van der Waals surface area contributed by atoms with Crippen LogP contribution in [-0.2, 0) is 11.2 Å². The second kappa shape index (κ2) is 6.62. The van der Waals surface area contributed by atoms with Crippen LogP contribution in [0.1, 0.15) is 5.56 Å². The lowest BCUT2D eigenvalue weighted by Gasteiger charge is -2.10. The summed E-state index contributed by atoms with van der Waals surface area (Å²) in [4.78, 5) is 12.2. The lowest BCUT2D eigenvalue weighted by molar-refractivity contribution is -0.107. The Labute approximate surface area is 116 Å². The van der Waals surface area contributed by atoms with E-state index in [1.807, 2.05) is 54.6 Å². The molecule has 0 radical (unpaired) electrons. The largest absolute Gasteiger partial charge is 0.302 e. The van der Waals surface area contributed by atoms with Crippen LogP contribution >= 0.6 is 23.4 Å². The van der Waals surface area contributed by atoms with E-state index in [1.165, 1.54) is 5.56 Å². The summed E-state index contributed by atoms with van der Waals surface area (Å²) in [6.07, 6.45) is 1.74. The van der Waals surface area contributed by atoms with E-state index in [4.69, 9.17) is 11.6 Å². The van der Waals surface area contributed by atoms with E-state index in [0.29, 0.717) is 5.02 Å². The summed E-state index contributed by atoms with van der Waals surface area (Å²) >= 11 is 7.48. The van der Waals surface area contributed by atoms with Crippen LogP contribution in [0.3, 0.4) is 0 Å². The summed E-state index contributed by atoms with van der Waals surface area (Å²) in [5.41, 5.74) is 1.17. The Bertz CT molecular complexity index is 513. The van der Waals surface area contributed by atoms with Crippen LogP contribution in [0.2, 0.25) is 5.02 Å². The Kier molecular flexibility index (Phi) is 4.85. The molecule has 0 aliphatic rings. The third kappa shape index (κ3) is 3.90. The van der Waals surface area contributed by atoms with Crippen LogP contribution in [0.15, 0.2) is 59.5 Å². The van der Waals surface area contributed by atoms with Gasteiger partial charge < -0.3 is 4.79 Å². The van der Waals surface area contributed by atoms with Gasteiger partial charge in [0.1, 0.15) is 6.29 Å². The lowest BCUT2D eigenvalue weighted by Crippen LogP contribution is -2.08. The molecule has 0 saturated heterocycles. The van der Waals surface area contributed by atoms with Crippen molar-refractivity contribution in [1.29, 1.82) is 0 Å². The third-order valence-electron chi connectivity index (χ3n) is 2.52. The summed E-state index contributed by atoms with van der Waals surface area (Å²) in [6, 6.07) is 17.6. The highest BCUT2D eigenvalue weighted by atomic mass is 35.5. The molecule has 0 aromatic heterocycles. The number of carbonyl (C=O) groups excluding carboxylic acids is 1. The molecule has 0 amide bonds. The molecule has 2 rings (SSSR count). The molecule has 1 nitrogen and oxygen atoms in total.